The zero-order valence-corrected chi connectivity index (χ0v) is 17.8. The van der Waals surface area contributed by atoms with Crippen molar-refractivity contribution in [3.63, 3.8) is 0 Å². The van der Waals surface area contributed by atoms with Crippen molar-refractivity contribution >= 4 is 17.2 Å². The van der Waals surface area contributed by atoms with Crippen LogP contribution in [-0.4, -0.2) is 43.9 Å². The van der Waals surface area contributed by atoms with Crippen LogP contribution in [0.15, 0.2) is 18.2 Å². The molecule has 4 N–H and O–H groups in total. The van der Waals surface area contributed by atoms with Crippen LogP contribution in [0.4, 0.5) is 30.4 Å². The lowest BCUT2D eigenvalue weighted by Gasteiger charge is -2.32. The fourth-order valence-electron chi connectivity index (χ4n) is 3.21. The van der Waals surface area contributed by atoms with Gasteiger partial charge >= 0.3 is 6.18 Å². The molecule has 2 aromatic heterocycles. The van der Waals surface area contributed by atoms with Gasteiger partial charge in [0, 0.05) is 37.7 Å². The van der Waals surface area contributed by atoms with Crippen LogP contribution in [0.3, 0.4) is 0 Å². The number of anilines is 3. The highest BCUT2D eigenvalue weighted by atomic mass is 19.4. The Morgan fingerprint density at radius 3 is 2.33 bits per heavy atom. The van der Waals surface area contributed by atoms with Gasteiger partial charge < -0.3 is 25.8 Å². The largest absolute Gasteiger partial charge is 0.478 e. The van der Waals surface area contributed by atoms with Gasteiger partial charge in [-0.05, 0) is 19.1 Å². The molecule has 0 radical (unpaired) electrons. The number of ether oxygens (including phenoxy) is 2. The van der Waals surface area contributed by atoms with Crippen molar-refractivity contribution in [3.05, 3.63) is 23.9 Å². The summed E-state index contributed by atoms with van der Waals surface area (Å²) < 4.78 is 50.4. The molecule has 2 rings (SSSR count). The van der Waals surface area contributed by atoms with Gasteiger partial charge in [0.05, 0.1) is 30.3 Å². The molecule has 7 nitrogen and oxygen atoms in total. The van der Waals surface area contributed by atoms with Crippen molar-refractivity contribution in [2.24, 2.45) is 5.41 Å². The second-order valence-corrected chi connectivity index (χ2v) is 7.79. The lowest BCUT2D eigenvalue weighted by atomic mass is 9.94. The minimum Gasteiger partial charge on any atom is -0.478 e. The number of rotatable bonds is 8. The molecule has 0 bridgehead atoms. The van der Waals surface area contributed by atoms with Gasteiger partial charge in [0.1, 0.15) is 11.5 Å². The Kier molecular flexibility index (Phi) is 7.02. The van der Waals surface area contributed by atoms with Crippen molar-refractivity contribution in [1.29, 1.82) is 0 Å². The summed E-state index contributed by atoms with van der Waals surface area (Å²) >= 11 is 0. The monoisotopic (exact) mass is 427 g/mol. The van der Waals surface area contributed by atoms with E-state index < -0.39 is 11.9 Å². The third kappa shape index (κ3) is 5.65. The second kappa shape index (κ2) is 8.95. The van der Waals surface area contributed by atoms with E-state index in [2.05, 4.69) is 9.97 Å². The maximum atomic E-state index is 13.3. The van der Waals surface area contributed by atoms with E-state index in [9.17, 15) is 13.2 Å². The summed E-state index contributed by atoms with van der Waals surface area (Å²) in [6.45, 7) is 6.98. The smallest absolute Gasteiger partial charge is 0.433 e. The van der Waals surface area contributed by atoms with Crippen molar-refractivity contribution in [2.45, 2.75) is 26.9 Å². The molecular weight excluding hydrogens is 399 g/mol. The molecule has 2 heterocycles. The average molecular weight is 427 g/mol. The summed E-state index contributed by atoms with van der Waals surface area (Å²) in [6.07, 6.45) is -4.63. The van der Waals surface area contributed by atoms with E-state index in [0.717, 1.165) is 6.07 Å². The first-order valence-electron chi connectivity index (χ1n) is 9.36. The predicted molar refractivity (Wildman–Crippen MR) is 111 cm³/mol. The minimum atomic E-state index is -4.63. The quantitative estimate of drug-likeness (QED) is 0.660. The summed E-state index contributed by atoms with van der Waals surface area (Å²) in [6, 6.07) is 3.92. The zero-order chi connectivity index (χ0) is 22.7. The van der Waals surface area contributed by atoms with Crippen LogP contribution < -0.4 is 21.1 Å². The molecule has 10 heteroatoms. The maximum absolute atomic E-state index is 13.3. The number of hydrogen-bond acceptors (Lipinski definition) is 7. The molecule has 0 aliphatic carbocycles. The molecule has 0 amide bonds. The Balaban J connectivity index is 2.55. The van der Waals surface area contributed by atoms with Crippen LogP contribution in [-0.2, 0) is 10.9 Å². The summed E-state index contributed by atoms with van der Waals surface area (Å²) in [4.78, 5) is 9.61. The number of alkyl halides is 3. The molecule has 0 aromatic carbocycles. The number of methoxy groups -OCH3 is 1. The van der Waals surface area contributed by atoms with Gasteiger partial charge in [-0.15, -0.1) is 0 Å². The highest BCUT2D eigenvalue weighted by Gasteiger charge is 2.34. The first-order valence-corrected chi connectivity index (χ1v) is 9.36. The van der Waals surface area contributed by atoms with Crippen LogP contribution in [0.2, 0.25) is 0 Å². The lowest BCUT2D eigenvalue weighted by molar-refractivity contribution is -0.141. The van der Waals surface area contributed by atoms with Crippen molar-refractivity contribution in [1.82, 2.24) is 9.97 Å². The first kappa shape index (κ1) is 23.5. The number of aromatic nitrogens is 2. The van der Waals surface area contributed by atoms with Crippen LogP contribution in [0, 0.1) is 5.41 Å². The molecule has 2 aromatic rings. The van der Waals surface area contributed by atoms with E-state index in [1.165, 1.54) is 6.07 Å². The standard InChI is InChI=1S/C20H28F3N5O2/c1-6-30-16-8-12(7-15(27-16)20(21,22)23)13-9-14(17(24)18(25)26-13)28(4)10-19(2,3)11-29-5/h7-9H,6,10-11,24H2,1-5H3,(H2,25,26). The molecule has 0 spiro atoms. The van der Waals surface area contributed by atoms with Gasteiger partial charge in [-0.25, -0.2) is 9.97 Å². The van der Waals surface area contributed by atoms with E-state index in [-0.39, 0.29) is 40.7 Å². The number of nitrogens with two attached hydrogens (primary N) is 2. The van der Waals surface area contributed by atoms with Gasteiger partial charge in [-0.2, -0.15) is 13.2 Å². The Morgan fingerprint density at radius 2 is 1.77 bits per heavy atom. The average Bonchev–Trinajstić information content (AvgIpc) is 2.62. The highest BCUT2D eigenvalue weighted by molar-refractivity contribution is 5.82. The highest BCUT2D eigenvalue weighted by Crippen LogP contribution is 2.36. The number of hydrogen-bond donors (Lipinski definition) is 2. The fraction of sp³-hybridized carbons (Fsp3) is 0.500. The van der Waals surface area contributed by atoms with E-state index in [1.807, 2.05) is 25.8 Å². The van der Waals surface area contributed by atoms with Gasteiger partial charge in [-0.3, -0.25) is 0 Å². The molecule has 0 atom stereocenters. The summed E-state index contributed by atoms with van der Waals surface area (Å²) in [5.74, 6) is -0.113. The van der Waals surface area contributed by atoms with Crippen LogP contribution in [0.1, 0.15) is 26.5 Å². The van der Waals surface area contributed by atoms with Crippen molar-refractivity contribution in [2.75, 3.05) is 50.3 Å². The Morgan fingerprint density at radius 1 is 1.10 bits per heavy atom. The van der Waals surface area contributed by atoms with Crippen molar-refractivity contribution < 1.29 is 22.6 Å². The molecule has 0 unspecified atom stereocenters. The van der Waals surface area contributed by atoms with Crippen LogP contribution in [0.25, 0.3) is 11.3 Å². The molecule has 0 aliphatic rings. The summed E-state index contributed by atoms with van der Waals surface area (Å²) in [5, 5.41) is 0. The fourth-order valence-corrected chi connectivity index (χ4v) is 3.21. The molecule has 0 fully saturated rings. The molecule has 30 heavy (non-hydrogen) atoms. The zero-order valence-electron chi connectivity index (χ0n) is 17.8. The molecule has 166 valence electrons. The van der Waals surface area contributed by atoms with Gasteiger partial charge in [0.15, 0.2) is 0 Å². The van der Waals surface area contributed by atoms with E-state index in [1.54, 1.807) is 20.1 Å². The number of nitrogens with zero attached hydrogens (tertiary/aromatic N) is 3. The molecule has 0 saturated carbocycles. The molecule has 0 saturated heterocycles. The maximum Gasteiger partial charge on any atom is 0.433 e. The predicted octanol–water partition coefficient (Wildman–Crippen LogP) is 3.83. The van der Waals surface area contributed by atoms with E-state index in [0.29, 0.717) is 18.8 Å². The van der Waals surface area contributed by atoms with Crippen molar-refractivity contribution in [3.8, 4) is 17.1 Å². The Hall–Kier alpha value is -2.75. The minimum absolute atomic E-state index is 0.0298. The Labute approximate surface area is 174 Å². The van der Waals surface area contributed by atoms with E-state index in [4.69, 9.17) is 20.9 Å². The van der Waals surface area contributed by atoms with Crippen LogP contribution in [0.5, 0.6) is 5.88 Å². The Bertz CT molecular complexity index is 887. The number of nitrogen functional groups attached to an aromatic ring is 2. The normalized spacial score (nSPS) is 12.1. The molecule has 0 aliphatic heterocycles. The second-order valence-electron chi connectivity index (χ2n) is 7.79. The summed E-state index contributed by atoms with van der Waals surface area (Å²) in [5.41, 5.74) is 12.1. The topological polar surface area (TPSA) is 99.5 Å². The summed E-state index contributed by atoms with van der Waals surface area (Å²) in [7, 11) is 3.45. The van der Waals surface area contributed by atoms with Crippen LogP contribution >= 0.6 is 0 Å². The SMILES string of the molecule is CCOc1cc(-c2cc(N(C)CC(C)(C)COC)c(N)c(N)n2)cc(C(F)(F)F)n1. The molecular formula is C20H28F3N5O2. The van der Waals surface area contributed by atoms with E-state index >= 15 is 0 Å². The lowest BCUT2D eigenvalue weighted by Crippen LogP contribution is -2.35. The third-order valence-electron chi connectivity index (χ3n) is 4.36. The first-order chi connectivity index (χ1) is 13.9. The van der Waals surface area contributed by atoms with Gasteiger partial charge in [-0.1, -0.05) is 13.8 Å². The third-order valence-corrected chi connectivity index (χ3v) is 4.36. The number of halogens is 3. The van der Waals surface area contributed by atoms with Gasteiger partial charge in [0.2, 0.25) is 5.88 Å². The van der Waals surface area contributed by atoms with Gasteiger partial charge in [0.25, 0.3) is 0 Å². The number of pyridine rings is 2.